The van der Waals surface area contributed by atoms with Gasteiger partial charge >= 0.3 is 0 Å². The molecule has 0 unspecified atom stereocenters. The lowest BCUT2D eigenvalue weighted by Crippen LogP contribution is -2.15. The highest BCUT2D eigenvalue weighted by atomic mass is 16.5. The lowest BCUT2D eigenvalue weighted by molar-refractivity contribution is 0.0450. The molecular weight excluding hydrogens is 264 g/mol. The van der Waals surface area contributed by atoms with E-state index in [1.165, 1.54) is 7.11 Å². The predicted octanol–water partition coefficient (Wildman–Crippen LogP) is 0.775. The minimum absolute atomic E-state index is 0.181. The molecule has 6 heteroatoms. The van der Waals surface area contributed by atoms with Crippen molar-refractivity contribution < 1.29 is 29.9 Å². The Hall–Kier alpha value is -1.34. The van der Waals surface area contributed by atoms with Crippen molar-refractivity contribution in [1.82, 2.24) is 0 Å². The number of rotatable bonds is 5. The number of benzene rings is 1. The second kappa shape index (κ2) is 15.7. The van der Waals surface area contributed by atoms with Gasteiger partial charge in [0.05, 0.1) is 20.3 Å². The molecule has 0 amide bonds. The number of hydrogen-bond acceptors (Lipinski definition) is 6. The predicted molar refractivity (Wildman–Crippen MR) is 77.0 cm³/mol. The van der Waals surface area contributed by atoms with E-state index in [9.17, 15) is 0 Å². The summed E-state index contributed by atoms with van der Waals surface area (Å²) >= 11 is 0. The van der Waals surface area contributed by atoms with Gasteiger partial charge in [0.25, 0.3) is 0 Å². The van der Waals surface area contributed by atoms with Gasteiger partial charge in [-0.3, -0.25) is 0 Å². The zero-order chi connectivity index (χ0) is 15.8. The van der Waals surface area contributed by atoms with Gasteiger partial charge in [0.1, 0.15) is 6.10 Å². The number of aliphatic hydroxyl groups is 3. The number of ether oxygens (including phenoxy) is 2. The molecule has 4 N–H and O–H groups in total. The number of para-hydroxylation sites is 2. The fourth-order valence-electron chi connectivity index (χ4n) is 0.892. The molecule has 20 heavy (non-hydrogen) atoms. The summed E-state index contributed by atoms with van der Waals surface area (Å²) in [6.07, 6.45) is -0.954. The molecule has 0 heterocycles. The molecule has 6 nitrogen and oxygen atoms in total. The van der Waals surface area contributed by atoms with Crippen molar-refractivity contribution in [2.75, 3.05) is 33.5 Å². The number of methoxy groups -OCH3 is 1. The van der Waals surface area contributed by atoms with Crippen molar-refractivity contribution in [3.63, 3.8) is 0 Å². The zero-order valence-electron chi connectivity index (χ0n) is 12.3. The van der Waals surface area contributed by atoms with Crippen LogP contribution in [0.2, 0.25) is 0 Å². The molecule has 0 aliphatic carbocycles. The van der Waals surface area contributed by atoms with Crippen LogP contribution in [0.25, 0.3) is 0 Å². The first kappa shape index (κ1) is 21.0. The summed E-state index contributed by atoms with van der Waals surface area (Å²) < 4.78 is 9.63. The average molecular weight is 290 g/mol. The second-order valence-electron chi connectivity index (χ2n) is 3.47. The molecule has 118 valence electrons. The first-order valence-corrected chi connectivity index (χ1v) is 6.36. The van der Waals surface area contributed by atoms with Crippen LogP contribution < -0.4 is 4.74 Å². The van der Waals surface area contributed by atoms with Gasteiger partial charge < -0.3 is 29.9 Å². The second-order valence-corrected chi connectivity index (χ2v) is 3.47. The number of phenols is 1. The highest BCUT2D eigenvalue weighted by Gasteiger charge is 1.94. The molecule has 1 aromatic rings. The molecule has 0 atom stereocenters. The molecule has 1 rings (SSSR count). The van der Waals surface area contributed by atoms with Gasteiger partial charge in [0.2, 0.25) is 0 Å². The maximum atomic E-state index is 8.99. The molecule has 0 aliphatic rings. The van der Waals surface area contributed by atoms with E-state index in [2.05, 4.69) is 0 Å². The molecule has 1 aromatic carbocycles. The normalized spacial score (nSPS) is 9.15. The summed E-state index contributed by atoms with van der Waals surface area (Å²) in [5.74, 6) is 0.692. The van der Waals surface area contributed by atoms with Crippen LogP contribution in [-0.2, 0) is 4.74 Å². The number of aliphatic hydroxyl groups excluding tert-OH is 3. The Morgan fingerprint density at radius 3 is 1.75 bits per heavy atom. The number of aromatic hydroxyl groups is 1. The van der Waals surface area contributed by atoms with Crippen molar-refractivity contribution in [3.05, 3.63) is 24.3 Å². The summed E-state index contributed by atoms with van der Waals surface area (Å²) in [6, 6.07) is 6.84. The third kappa shape index (κ3) is 13.1. The summed E-state index contributed by atoms with van der Waals surface area (Å²) in [6.45, 7) is 4.94. The molecule has 0 aromatic heterocycles. The van der Waals surface area contributed by atoms with E-state index in [0.29, 0.717) is 5.75 Å². The minimum Gasteiger partial charge on any atom is -0.504 e. The van der Waals surface area contributed by atoms with Crippen LogP contribution in [0.5, 0.6) is 11.5 Å². The van der Waals surface area contributed by atoms with Crippen molar-refractivity contribution in [3.8, 4) is 11.5 Å². The van der Waals surface area contributed by atoms with Gasteiger partial charge in [0.15, 0.2) is 11.5 Å². The summed E-state index contributed by atoms with van der Waals surface area (Å²) in [5, 5.41) is 33.0. The Labute approximate surface area is 120 Å². The largest absolute Gasteiger partial charge is 0.504 e. The number of phenolic OH excluding ortho intramolecular Hbond substituents is 1. The molecule has 0 spiro atoms. The molecule has 0 saturated carbocycles. The first-order chi connectivity index (χ1) is 9.56. The molecule has 0 saturated heterocycles. The van der Waals surface area contributed by atoms with E-state index in [1.807, 2.05) is 13.8 Å². The van der Waals surface area contributed by atoms with Gasteiger partial charge in [-0.25, -0.2) is 0 Å². The van der Waals surface area contributed by atoms with Gasteiger partial charge in [0, 0.05) is 13.2 Å². The topological polar surface area (TPSA) is 99.4 Å². The Balaban J connectivity index is 0. The van der Waals surface area contributed by atoms with E-state index in [0.717, 1.165) is 13.2 Å². The van der Waals surface area contributed by atoms with Crippen molar-refractivity contribution in [2.45, 2.75) is 20.0 Å². The highest BCUT2D eigenvalue weighted by molar-refractivity contribution is 5.37. The quantitative estimate of drug-likeness (QED) is 0.639. The van der Waals surface area contributed by atoms with E-state index >= 15 is 0 Å². The summed E-state index contributed by atoms with van der Waals surface area (Å²) in [7, 11) is 1.52. The summed E-state index contributed by atoms with van der Waals surface area (Å²) in [4.78, 5) is 0. The zero-order valence-corrected chi connectivity index (χ0v) is 12.3. The molecule has 0 radical (unpaired) electrons. The minimum atomic E-state index is -0.954. The molecule has 0 bridgehead atoms. The lowest BCUT2D eigenvalue weighted by Gasteiger charge is -1.99. The number of hydrogen-bond donors (Lipinski definition) is 4. The highest BCUT2D eigenvalue weighted by Crippen LogP contribution is 2.22. The average Bonchev–Trinajstić information content (AvgIpc) is 2.49. The molecule has 0 aliphatic heterocycles. The Morgan fingerprint density at radius 2 is 1.55 bits per heavy atom. The van der Waals surface area contributed by atoms with Gasteiger partial charge in [-0.1, -0.05) is 12.1 Å². The van der Waals surface area contributed by atoms with Crippen LogP contribution in [-0.4, -0.2) is 60.1 Å². The Kier molecular flexibility index (Phi) is 16.5. The maximum Gasteiger partial charge on any atom is 0.160 e. The van der Waals surface area contributed by atoms with Crippen LogP contribution >= 0.6 is 0 Å². The third-order valence-electron chi connectivity index (χ3n) is 1.91. The lowest BCUT2D eigenvalue weighted by atomic mass is 10.3. The standard InChI is InChI=1S/C7H8O2.C4H10O.C3H8O3/c1-9-7-5-3-2-4-6(7)8;1-3-5-4-2;4-1-3(6)2-5/h2-5,8H,1H3;3-4H2,1-2H3;3-6H,1-2H2. The van der Waals surface area contributed by atoms with Crippen LogP contribution in [0.15, 0.2) is 24.3 Å². The smallest absolute Gasteiger partial charge is 0.160 e. The SMILES string of the molecule is CCOCC.COc1ccccc1O.OCC(O)CO. The maximum absolute atomic E-state index is 8.99. The first-order valence-electron chi connectivity index (χ1n) is 6.36. The Morgan fingerprint density at radius 1 is 1.05 bits per heavy atom. The Bertz CT molecular complexity index is 299. The van der Waals surface area contributed by atoms with Gasteiger partial charge in [-0.15, -0.1) is 0 Å². The van der Waals surface area contributed by atoms with Crippen LogP contribution in [0.4, 0.5) is 0 Å². The van der Waals surface area contributed by atoms with Crippen molar-refractivity contribution in [1.29, 1.82) is 0 Å². The van der Waals surface area contributed by atoms with Crippen LogP contribution in [0.3, 0.4) is 0 Å². The molecular formula is C14H26O6. The van der Waals surface area contributed by atoms with Gasteiger partial charge in [-0.05, 0) is 26.0 Å². The fraction of sp³-hybridized carbons (Fsp3) is 0.571. The molecule has 0 fully saturated rings. The third-order valence-corrected chi connectivity index (χ3v) is 1.91. The van der Waals surface area contributed by atoms with Crippen molar-refractivity contribution in [2.24, 2.45) is 0 Å². The summed E-state index contributed by atoms with van der Waals surface area (Å²) in [5.41, 5.74) is 0. The van der Waals surface area contributed by atoms with Crippen molar-refractivity contribution >= 4 is 0 Å². The monoisotopic (exact) mass is 290 g/mol. The van der Waals surface area contributed by atoms with Gasteiger partial charge in [-0.2, -0.15) is 0 Å². The van der Waals surface area contributed by atoms with Crippen LogP contribution in [0, 0.1) is 0 Å². The van der Waals surface area contributed by atoms with E-state index in [1.54, 1.807) is 24.3 Å². The van der Waals surface area contributed by atoms with E-state index < -0.39 is 6.10 Å². The van der Waals surface area contributed by atoms with Crippen LogP contribution in [0.1, 0.15) is 13.8 Å². The van der Waals surface area contributed by atoms with E-state index in [4.69, 9.17) is 29.9 Å². The van der Waals surface area contributed by atoms with E-state index in [-0.39, 0.29) is 19.0 Å². The fourth-order valence-corrected chi connectivity index (χ4v) is 0.892.